The molecule has 0 N–H and O–H groups in total. The number of nitrogens with zero attached hydrogens (tertiary/aromatic N) is 1. The Bertz CT molecular complexity index is 582. The van der Waals surface area contributed by atoms with Gasteiger partial charge in [-0.2, -0.15) is 0 Å². The van der Waals surface area contributed by atoms with Crippen molar-refractivity contribution in [3.05, 3.63) is 63.9 Å². The van der Waals surface area contributed by atoms with Gasteiger partial charge in [-0.3, -0.25) is 0 Å². The van der Waals surface area contributed by atoms with Crippen molar-refractivity contribution < 1.29 is 0 Å². The summed E-state index contributed by atoms with van der Waals surface area (Å²) in [6.07, 6.45) is 2.25. The minimum atomic E-state index is 0.507. The van der Waals surface area contributed by atoms with Crippen LogP contribution < -0.4 is 0 Å². The lowest BCUT2D eigenvalue weighted by atomic mass is 10.2. The number of hydrogen-bond donors (Lipinski definition) is 0. The Hall–Kier alpha value is -1.49. The summed E-state index contributed by atoms with van der Waals surface area (Å²) < 4.78 is 0. The smallest absolute Gasteiger partial charge is 0.133 e. The maximum atomic E-state index is 5.93. The largest absolute Gasteiger partial charge is 0.244 e. The van der Waals surface area contributed by atoms with E-state index in [9.17, 15) is 0 Å². The van der Waals surface area contributed by atoms with Crippen LogP contribution in [-0.2, 0) is 6.42 Å². The predicted molar refractivity (Wildman–Crippen MR) is 71.3 cm³/mol. The lowest BCUT2D eigenvalue weighted by Crippen LogP contribution is -1.85. The molecule has 0 aliphatic heterocycles. The molecule has 3 heteroatoms. The molecule has 0 fully saturated rings. The van der Waals surface area contributed by atoms with Crippen LogP contribution in [0.3, 0.4) is 0 Å². The summed E-state index contributed by atoms with van der Waals surface area (Å²) >= 11 is 11.8. The summed E-state index contributed by atoms with van der Waals surface area (Å²) in [6, 6.07) is 11.2. The zero-order valence-electron chi connectivity index (χ0n) is 8.95. The molecule has 0 amide bonds. The van der Waals surface area contributed by atoms with E-state index >= 15 is 0 Å². The quantitative estimate of drug-likeness (QED) is 0.559. The van der Waals surface area contributed by atoms with E-state index < -0.39 is 0 Å². The Morgan fingerprint density at radius 3 is 2.76 bits per heavy atom. The summed E-state index contributed by atoms with van der Waals surface area (Å²) in [5.74, 6) is 6.09. The monoisotopic (exact) mass is 261 g/mol. The molecule has 2 aromatic rings. The SMILES string of the molecule is Clc1cccc(C#CCc2cccnc2Cl)c1. The lowest BCUT2D eigenvalue weighted by molar-refractivity contribution is 1.21. The number of benzene rings is 1. The van der Waals surface area contributed by atoms with E-state index in [2.05, 4.69) is 16.8 Å². The zero-order chi connectivity index (χ0) is 12.1. The van der Waals surface area contributed by atoms with Crippen molar-refractivity contribution in [2.45, 2.75) is 6.42 Å². The molecule has 1 nitrogen and oxygen atoms in total. The Kier molecular flexibility index (Phi) is 4.03. The normalized spacial score (nSPS) is 9.53. The second-order valence-corrected chi connectivity index (χ2v) is 4.24. The van der Waals surface area contributed by atoms with Crippen LogP contribution in [0.2, 0.25) is 10.2 Å². The van der Waals surface area contributed by atoms with Gasteiger partial charge in [-0.1, -0.05) is 47.2 Å². The predicted octanol–water partition coefficient (Wildman–Crippen LogP) is 3.98. The standard InChI is InChI=1S/C14H9Cl2N/c15-13-8-2-5-11(10-13)4-1-6-12-7-3-9-17-14(12)16/h2-3,5,7-10H,6H2. The van der Waals surface area contributed by atoms with Gasteiger partial charge in [-0.15, -0.1) is 0 Å². The third kappa shape index (κ3) is 3.49. The first-order valence-corrected chi connectivity index (χ1v) is 5.85. The molecule has 17 heavy (non-hydrogen) atoms. The third-order valence-corrected chi connectivity index (χ3v) is 2.75. The first-order chi connectivity index (χ1) is 8.25. The van der Waals surface area contributed by atoms with Gasteiger partial charge >= 0.3 is 0 Å². The molecule has 0 saturated carbocycles. The Balaban J connectivity index is 2.11. The Labute approximate surface area is 110 Å². The minimum Gasteiger partial charge on any atom is -0.244 e. The highest BCUT2D eigenvalue weighted by Crippen LogP contribution is 2.12. The molecule has 0 atom stereocenters. The molecule has 84 valence electrons. The van der Waals surface area contributed by atoms with Crippen LogP contribution in [0.1, 0.15) is 11.1 Å². The number of halogens is 2. The van der Waals surface area contributed by atoms with Crippen molar-refractivity contribution >= 4 is 23.2 Å². The fourth-order valence-electron chi connectivity index (χ4n) is 1.36. The molecule has 0 radical (unpaired) electrons. The second-order valence-electron chi connectivity index (χ2n) is 3.44. The lowest BCUT2D eigenvalue weighted by Gasteiger charge is -1.96. The molecule has 0 aliphatic carbocycles. The topological polar surface area (TPSA) is 12.9 Å². The number of rotatable bonds is 1. The van der Waals surface area contributed by atoms with Gasteiger partial charge in [-0.05, 0) is 24.3 Å². The molecule has 1 aromatic heterocycles. The summed E-state index contributed by atoms with van der Waals surface area (Å²) in [5, 5.41) is 1.20. The van der Waals surface area contributed by atoms with Gasteiger partial charge in [0.25, 0.3) is 0 Å². The summed E-state index contributed by atoms with van der Waals surface area (Å²) in [4.78, 5) is 4.00. The maximum Gasteiger partial charge on any atom is 0.133 e. The van der Waals surface area contributed by atoms with Gasteiger partial charge in [0.15, 0.2) is 0 Å². The summed E-state index contributed by atoms with van der Waals surface area (Å²) in [6.45, 7) is 0. The van der Waals surface area contributed by atoms with Crippen LogP contribution in [-0.4, -0.2) is 4.98 Å². The molecule has 0 bridgehead atoms. The van der Waals surface area contributed by atoms with Crippen LogP contribution in [0.25, 0.3) is 0 Å². The maximum absolute atomic E-state index is 5.93. The van der Waals surface area contributed by atoms with E-state index in [1.165, 1.54) is 0 Å². The van der Waals surface area contributed by atoms with Crippen LogP contribution in [0, 0.1) is 11.8 Å². The highest BCUT2D eigenvalue weighted by atomic mass is 35.5. The van der Waals surface area contributed by atoms with Crippen LogP contribution in [0.5, 0.6) is 0 Å². The van der Waals surface area contributed by atoms with Crippen molar-refractivity contribution in [1.82, 2.24) is 4.98 Å². The van der Waals surface area contributed by atoms with E-state index in [-0.39, 0.29) is 0 Å². The van der Waals surface area contributed by atoms with Gasteiger partial charge in [-0.25, -0.2) is 4.98 Å². The molecular formula is C14H9Cl2N. The zero-order valence-corrected chi connectivity index (χ0v) is 10.5. The van der Waals surface area contributed by atoms with Crippen LogP contribution >= 0.6 is 23.2 Å². The van der Waals surface area contributed by atoms with Gasteiger partial charge < -0.3 is 0 Å². The second kappa shape index (κ2) is 5.72. The van der Waals surface area contributed by atoms with Crippen LogP contribution in [0.15, 0.2) is 42.6 Å². The molecular weight excluding hydrogens is 253 g/mol. The third-order valence-electron chi connectivity index (χ3n) is 2.17. The van der Waals surface area contributed by atoms with Crippen molar-refractivity contribution in [3.63, 3.8) is 0 Å². The average Bonchev–Trinajstić information content (AvgIpc) is 2.32. The highest BCUT2D eigenvalue weighted by molar-refractivity contribution is 6.30. The Morgan fingerprint density at radius 1 is 1.12 bits per heavy atom. The Morgan fingerprint density at radius 2 is 2.00 bits per heavy atom. The number of hydrogen-bond acceptors (Lipinski definition) is 1. The van der Waals surface area contributed by atoms with E-state index in [1.54, 1.807) is 6.20 Å². The number of pyridine rings is 1. The van der Waals surface area contributed by atoms with Crippen molar-refractivity contribution in [3.8, 4) is 11.8 Å². The molecule has 1 heterocycles. The minimum absolute atomic E-state index is 0.507. The molecule has 0 spiro atoms. The molecule has 1 aromatic carbocycles. The van der Waals surface area contributed by atoms with Gasteiger partial charge in [0, 0.05) is 28.8 Å². The summed E-state index contributed by atoms with van der Waals surface area (Å²) in [5.41, 5.74) is 1.83. The molecule has 0 aliphatic rings. The van der Waals surface area contributed by atoms with E-state index in [0.29, 0.717) is 16.6 Å². The van der Waals surface area contributed by atoms with Crippen molar-refractivity contribution in [2.24, 2.45) is 0 Å². The fourth-order valence-corrected chi connectivity index (χ4v) is 1.74. The molecule has 0 saturated heterocycles. The van der Waals surface area contributed by atoms with Crippen molar-refractivity contribution in [2.75, 3.05) is 0 Å². The van der Waals surface area contributed by atoms with Crippen LogP contribution in [0.4, 0.5) is 0 Å². The fraction of sp³-hybridized carbons (Fsp3) is 0.0714. The van der Waals surface area contributed by atoms with E-state index in [4.69, 9.17) is 23.2 Å². The van der Waals surface area contributed by atoms with Gasteiger partial charge in [0.2, 0.25) is 0 Å². The van der Waals surface area contributed by atoms with Gasteiger partial charge in [0.05, 0.1) is 0 Å². The number of aromatic nitrogens is 1. The van der Waals surface area contributed by atoms with Gasteiger partial charge in [0.1, 0.15) is 5.15 Å². The van der Waals surface area contributed by atoms with E-state index in [1.807, 2.05) is 36.4 Å². The van der Waals surface area contributed by atoms with Crippen molar-refractivity contribution in [1.29, 1.82) is 0 Å². The summed E-state index contributed by atoms with van der Waals surface area (Å²) in [7, 11) is 0. The molecule has 2 rings (SSSR count). The first kappa shape index (κ1) is 12.0. The molecule has 0 unspecified atom stereocenters. The first-order valence-electron chi connectivity index (χ1n) is 5.09. The average molecular weight is 262 g/mol. The highest BCUT2D eigenvalue weighted by Gasteiger charge is 1.96. The van der Waals surface area contributed by atoms with E-state index in [0.717, 1.165) is 11.1 Å².